The first-order chi connectivity index (χ1) is 7.31. The lowest BCUT2D eigenvalue weighted by Gasteiger charge is -2.06. The Morgan fingerprint density at radius 3 is 3.20 bits per heavy atom. The average Bonchev–Trinajstić information content (AvgIpc) is 2.69. The fourth-order valence-corrected chi connectivity index (χ4v) is 2.49. The van der Waals surface area contributed by atoms with Gasteiger partial charge in [-0.25, -0.2) is 0 Å². The molecule has 0 saturated carbocycles. The van der Waals surface area contributed by atoms with Gasteiger partial charge in [-0.1, -0.05) is 18.2 Å². The number of carbonyl (C=O) groups is 1. The molecule has 80 valence electrons. The van der Waals surface area contributed by atoms with Crippen molar-refractivity contribution in [2.45, 2.75) is 5.25 Å². The summed E-state index contributed by atoms with van der Waals surface area (Å²) in [6.07, 6.45) is 0. The summed E-state index contributed by atoms with van der Waals surface area (Å²) in [4.78, 5) is 11.0. The van der Waals surface area contributed by atoms with E-state index in [1.165, 1.54) is 12.7 Å². The van der Waals surface area contributed by atoms with Gasteiger partial charge in [-0.2, -0.15) is 0 Å². The zero-order valence-corrected chi connectivity index (χ0v) is 9.25. The molecule has 2 rings (SSSR count). The molecule has 4 heteroatoms. The van der Waals surface area contributed by atoms with E-state index in [4.69, 9.17) is 4.74 Å². The summed E-state index contributed by atoms with van der Waals surface area (Å²) >= 11 is 1.56. The second-order valence-corrected chi connectivity index (χ2v) is 4.42. The van der Waals surface area contributed by atoms with Crippen molar-refractivity contribution in [3.8, 4) is 5.75 Å². The lowest BCUT2D eigenvalue weighted by molar-refractivity contribution is -0.137. The maximum absolute atomic E-state index is 11.0. The molecule has 1 heterocycles. The molecule has 0 spiro atoms. The third-order valence-corrected chi connectivity index (χ3v) is 3.48. The van der Waals surface area contributed by atoms with E-state index in [-0.39, 0.29) is 11.2 Å². The summed E-state index contributed by atoms with van der Waals surface area (Å²) in [5, 5.41) is 0.250. The Morgan fingerprint density at radius 1 is 1.60 bits per heavy atom. The van der Waals surface area contributed by atoms with E-state index < -0.39 is 0 Å². The number of methoxy groups -OCH3 is 1. The summed E-state index contributed by atoms with van der Waals surface area (Å²) < 4.78 is 10.1. The third kappa shape index (κ3) is 2.26. The highest BCUT2D eigenvalue weighted by Gasteiger charge is 2.24. The highest BCUT2D eigenvalue weighted by molar-refractivity contribution is 8.00. The van der Waals surface area contributed by atoms with Crippen molar-refractivity contribution in [1.82, 2.24) is 0 Å². The largest absolute Gasteiger partial charge is 0.492 e. The van der Waals surface area contributed by atoms with Crippen LogP contribution in [0.3, 0.4) is 0 Å². The van der Waals surface area contributed by atoms with Gasteiger partial charge >= 0.3 is 5.97 Å². The van der Waals surface area contributed by atoms with Gasteiger partial charge in [-0.3, -0.25) is 4.79 Å². The lowest BCUT2D eigenvalue weighted by atomic mass is 10.2. The number of esters is 1. The molecule has 1 aromatic rings. The Morgan fingerprint density at radius 2 is 2.40 bits per heavy atom. The molecule has 0 aliphatic carbocycles. The van der Waals surface area contributed by atoms with Crippen LogP contribution in [0.15, 0.2) is 24.3 Å². The van der Waals surface area contributed by atoms with Gasteiger partial charge in [-0.15, -0.1) is 11.8 Å². The van der Waals surface area contributed by atoms with Crippen molar-refractivity contribution in [3.05, 3.63) is 29.8 Å². The normalized spacial score (nSPS) is 18.1. The Kier molecular flexibility index (Phi) is 3.16. The molecule has 0 aromatic heterocycles. The van der Waals surface area contributed by atoms with Crippen molar-refractivity contribution >= 4 is 17.7 Å². The van der Waals surface area contributed by atoms with Gasteiger partial charge in [0.1, 0.15) is 12.4 Å². The number of hydrogen-bond donors (Lipinski definition) is 0. The van der Waals surface area contributed by atoms with Crippen LogP contribution in [0.1, 0.15) is 10.8 Å². The number of ether oxygens (including phenoxy) is 2. The SMILES string of the molecule is COC(=O)CS[C@H]1COc2ccccc21. The van der Waals surface area contributed by atoms with Crippen LogP contribution in [-0.2, 0) is 9.53 Å². The van der Waals surface area contributed by atoms with Crippen LogP contribution in [0.5, 0.6) is 5.75 Å². The van der Waals surface area contributed by atoms with Gasteiger partial charge in [0.15, 0.2) is 0 Å². The topological polar surface area (TPSA) is 35.5 Å². The lowest BCUT2D eigenvalue weighted by Crippen LogP contribution is -2.06. The van der Waals surface area contributed by atoms with Crippen LogP contribution in [0.2, 0.25) is 0 Å². The first-order valence-electron chi connectivity index (χ1n) is 4.71. The summed E-state index contributed by atoms with van der Waals surface area (Å²) in [6, 6.07) is 7.93. The fraction of sp³-hybridized carbons (Fsp3) is 0.364. The van der Waals surface area contributed by atoms with E-state index in [1.54, 1.807) is 11.8 Å². The summed E-state index contributed by atoms with van der Waals surface area (Å²) in [5.41, 5.74) is 1.17. The fourth-order valence-electron chi connectivity index (χ4n) is 1.50. The van der Waals surface area contributed by atoms with Crippen LogP contribution in [0.4, 0.5) is 0 Å². The summed E-state index contributed by atoms with van der Waals surface area (Å²) in [5.74, 6) is 1.11. The molecule has 0 radical (unpaired) electrons. The number of para-hydroxylation sites is 1. The molecular formula is C11H12O3S. The van der Waals surface area contributed by atoms with Gasteiger partial charge in [0, 0.05) is 5.56 Å². The monoisotopic (exact) mass is 224 g/mol. The number of hydrogen-bond acceptors (Lipinski definition) is 4. The van der Waals surface area contributed by atoms with Crippen LogP contribution >= 0.6 is 11.8 Å². The maximum Gasteiger partial charge on any atom is 0.315 e. The molecule has 15 heavy (non-hydrogen) atoms. The van der Waals surface area contributed by atoms with E-state index in [0.29, 0.717) is 12.4 Å². The van der Waals surface area contributed by atoms with Gasteiger partial charge in [0.05, 0.1) is 18.1 Å². The molecule has 1 aliphatic rings. The Labute approximate surface area is 92.8 Å². The number of benzene rings is 1. The summed E-state index contributed by atoms with van der Waals surface area (Å²) in [7, 11) is 1.40. The summed E-state index contributed by atoms with van der Waals surface area (Å²) in [6.45, 7) is 0.640. The van der Waals surface area contributed by atoms with Crippen molar-refractivity contribution in [2.75, 3.05) is 19.5 Å². The van der Waals surface area contributed by atoms with E-state index in [9.17, 15) is 4.79 Å². The smallest absolute Gasteiger partial charge is 0.315 e. The zero-order chi connectivity index (χ0) is 10.7. The molecule has 0 amide bonds. The number of thioether (sulfide) groups is 1. The molecule has 1 atom stereocenters. The molecule has 1 aliphatic heterocycles. The van der Waals surface area contributed by atoms with Gasteiger partial charge in [0.2, 0.25) is 0 Å². The minimum Gasteiger partial charge on any atom is -0.492 e. The maximum atomic E-state index is 11.0. The van der Waals surface area contributed by atoms with E-state index in [2.05, 4.69) is 4.74 Å². The highest BCUT2D eigenvalue weighted by atomic mass is 32.2. The van der Waals surface area contributed by atoms with Gasteiger partial charge < -0.3 is 9.47 Å². The third-order valence-electron chi connectivity index (χ3n) is 2.29. The first-order valence-corrected chi connectivity index (χ1v) is 5.76. The predicted molar refractivity (Wildman–Crippen MR) is 59.2 cm³/mol. The Bertz CT molecular complexity index is 365. The minimum atomic E-state index is -0.190. The Hall–Kier alpha value is -1.16. The van der Waals surface area contributed by atoms with Gasteiger partial charge in [-0.05, 0) is 6.07 Å². The standard InChI is InChI=1S/C11H12O3S/c1-13-11(12)7-15-10-6-14-9-5-3-2-4-8(9)10/h2-5,10H,6-7H2,1H3/t10-/m0/s1. The Balaban J connectivity index is 1.99. The van der Waals surface area contributed by atoms with E-state index in [1.807, 2.05) is 24.3 Å². The molecule has 0 saturated heterocycles. The molecule has 3 nitrogen and oxygen atoms in total. The van der Waals surface area contributed by atoms with Gasteiger partial charge in [0.25, 0.3) is 0 Å². The molecule has 0 fully saturated rings. The van der Waals surface area contributed by atoms with E-state index >= 15 is 0 Å². The van der Waals surface area contributed by atoms with Crippen LogP contribution in [0, 0.1) is 0 Å². The van der Waals surface area contributed by atoms with Crippen molar-refractivity contribution < 1.29 is 14.3 Å². The number of fused-ring (bicyclic) bond motifs is 1. The predicted octanol–water partition coefficient (Wildman–Crippen LogP) is 2.03. The minimum absolute atomic E-state index is 0.190. The molecule has 0 unspecified atom stereocenters. The van der Waals surface area contributed by atoms with Crippen molar-refractivity contribution in [1.29, 1.82) is 0 Å². The van der Waals surface area contributed by atoms with E-state index in [0.717, 1.165) is 5.75 Å². The second-order valence-electron chi connectivity index (χ2n) is 3.22. The van der Waals surface area contributed by atoms with Crippen LogP contribution in [-0.4, -0.2) is 25.4 Å². The van der Waals surface area contributed by atoms with Crippen molar-refractivity contribution in [2.24, 2.45) is 0 Å². The first kappa shape index (κ1) is 10.4. The second kappa shape index (κ2) is 4.57. The average molecular weight is 224 g/mol. The molecular weight excluding hydrogens is 212 g/mol. The molecule has 0 bridgehead atoms. The zero-order valence-electron chi connectivity index (χ0n) is 8.43. The van der Waals surface area contributed by atoms with Crippen molar-refractivity contribution in [3.63, 3.8) is 0 Å². The molecule has 1 aromatic carbocycles. The quantitative estimate of drug-likeness (QED) is 0.736. The van der Waals surface area contributed by atoms with Crippen LogP contribution in [0.25, 0.3) is 0 Å². The number of rotatable bonds is 3. The highest BCUT2D eigenvalue weighted by Crippen LogP contribution is 2.40. The van der Waals surface area contributed by atoms with Crippen LogP contribution < -0.4 is 4.74 Å². The molecule has 0 N–H and O–H groups in total. The number of carbonyl (C=O) groups excluding carboxylic acids is 1.